The van der Waals surface area contributed by atoms with E-state index in [2.05, 4.69) is 229 Å². The van der Waals surface area contributed by atoms with Crippen LogP contribution in [0.4, 0.5) is 17.1 Å². The summed E-state index contributed by atoms with van der Waals surface area (Å²) >= 11 is 0. The zero-order chi connectivity index (χ0) is 38.4. The highest BCUT2D eigenvalue weighted by Crippen LogP contribution is 2.49. The first kappa shape index (κ1) is 33.6. The molecule has 0 bridgehead atoms. The predicted octanol–water partition coefficient (Wildman–Crippen LogP) is 16.0. The van der Waals surface area contributed by atoms with Crippen molar-refractivity contribution in [3.8, 4) is 44.5 Å². The van der Waals surface area contributed by atoms with Gasteiger partial charge >= 0.3 is 0 Å². The van der Waals surface area contributed by atoms with E-state index < -0.39 is 0 Å². The number of hydrogen-bond acceptors (Lipinski definition) is 2. The molecule has 0 atom stereocenters. The molecule has 0 aliphatic rings. The van der Waals surface area contributed by atoms with E-state index in [9.17, 15) is 0 Å². The Labute approximate surface area is 337 Å². The Bertz CT molecular complexity index is 3260. The second kappa shape index (κ2) is 14.1. The first-order valence-electron chi connectivity index (χ1n) is 19.8. The van der Waals surface area contributed by atoms with Crippen LogP contribution in [0.1, 0.15) is 0 Å². The maximum Gasteiger partial charge on any atom is 0.145 e. The molecule has 11 rings (SSSR count). The lowest BCUT2D eigenvalue weighted by Crippen LogP contribution is -2.12. The van der Waals surface area contributed by atoms with E-state index in [0.29, 0.717) is 0 Å². The molecule has 0 N–H and O–H groups in total. The van der Waals surface area contributed by atoms with Crippen molar-refractivity contribution < 1.29 is 4.42 Å². The van der Waals surface area contributed by atoms with Gasteiger partial charge in [-0.1, -0.05) is 182 Å². The van der Waals surface area contributed by atoms with E-state index in [1.807, 2.05) is 0 Å². The molecule has 1 heterocycles. The van der Waals surface area contributed by atoms with Gasteiger partial charge in [0.2, 0.25) is 0 Å². The third-order valence-electron chi connectivity index (χ3n) is 11.5. The van der Waals surface area contributed by atoms with E-state index in [1.54, 1.807) is 0 Å². The lowest BCUT2D eigenvalue weighted by Gasteiger charge is -2.29. The van der Waals surface area contributed by atoms with Crippen LogP contribution in [-0.4, -0.2) is 0 Å². The van der Waals surface area contributed by atoms with Gasteiger partial charge in [-0.15, -0.1) is 0 Å². The maximum absolute atomic E-state index is 6.91. The van der Waals surface area contributed by atoms with Crippen molar-refractivity contribution >= 4 is 60.5 Å². The second-order valence-corrected chi connectivity index (χ2v) is 14.9. The maximum atomic E-state index is 6.91. The van der Waals surface area contributed by atoms with Crippen LogP contribution in [0.15, 0.2) is 229 Å². The van der Waals surface area contributed by atoms with Crippen LogP contribution in [0.5, 0.6) is 0 Å². The number of benzene rings is 10. The van der Waals surface area contributed by atoms with Gasteiger partial charge in [0.1, 0.15) is 11.2 Å². The van der Waals surface area contributed by atoms with Crippen LogP contribution in [0.25, 0.3) is 88.0 Å². The first-order valence-corrected chi connectivity index (χ1v) is 19.8. The summed E-state index contributed by atoms with van der Waals surface area (Å²) in [6.07, 6.45) is 0. The summed E-state index contributed by atoms with van der Waals surface area (Å²) in [5, 5.41) is 7.03. The molecule has 272 valence electrons. The molecule has 0 amide bonds. The number of hydrogen-bond donors (Lipinski definition) is 0. The fraction of sp³-hybridized carbons (Fsp3) is 0. The van der Waals surface area contributed by atoms with Crippen molar-refractivity contribution in [3.63, 3.8) is 0 Å². The van der Waals surface area contributed by atoms with Crippen molar-refractivity contribution in [1.29, 1.82) is 0 Å². The zero-order valence-electron chi connectivity index (χ0n) is 31.7. The highest BCUT2D eigenvalue weighted by atomic mass is 16.3. The summed E-state index contributed by atoms with van der Waals surface area (Å²) < 4.78 is 6.91. The van der Waals surface area contributed by atoms with E-state index >= 15 is 0 Å². The van der Waals surface area contributed by atoms with Crippen LogP contribution < -0.4 is 4.90 Å². The summed E-state index contributed by atoms with van der Waals surface area (Å²) in [4.78, 5) is 2.45. The zero-order valence-corrected chi connectivity index (χ0v) is 31.7. The average Bonchev–Trinajstić information content (AvgIpc) is 3.70. The van der Waals surface area contributed by atoms with E-state index in [1.165, 1.54) is 43.8 Å². The lowest BCUT2D eigenvalue weighted by molar-refractivity contribution is 0.670. The Hall–Kier alpha value is -7.68. The first-order chi connectivity index (χ1) is 28.8. The number of fused-ring (bicyclic) bond motifs is 6. The minimum atomic E-state index is 0.860. The molecule has 0 unspecified atom stereocenters. The lowest BCUT2D eigenvalue weighted by atomic mass is 9.94. The molecular formula is C56H37NO. The molecule has 0 aliphatic carbocycles. The molecule has 0 aliphatic heterocycles. The van der Waals surface area contributed by atoms with Gasteiger partial charge < -0.3 is 9.32 Å². The molecule has 0 fully saturated rings. The average molecular weight is 740 g/mol. The molecule has 2 heteroatoms. The molecular weight excluding hydrogens is 703 g/mol. The number of nitrogens with zero attached hydrogens (tertiary/aromatic N) is 1. The topological polar surface area (TPSA) is 16.4 Å². The summed E-state index contributed by atoms with van der Waals surface area (Å²) in [6.45, 7) is 0. The number of rotatable bonds is 7. The Morgan fingerprint density at radius 3 is 1.57 bits per heavy atom. The van der Waals surface area contributed by atoms with Crippen LogP contribution in [0.2, 0.25) is 0 Å². The van der Waals surface area contributed by atoms with E-state index in [4.69, 9.17) is 4.42 Å². The predicted molar refractivity (Wildman–Crippen MR) is 245 cm³/mol. The van der Waals surface area contributed by atoms with Crippen molar-refractivity contribution in [1.82, 2.24) is 0 Å². The van der Waals surface area contributed by atoms with Crippen molar-refractivity contribution in [2.24, 2.45) is 0 Å². The Kier molecular flexibility index (Phi) is 8.19. The fourth-order valence-electron chi connectivity index (χ4n) is 8.62. The smallest absolute Gasteiger partial charge is 0.145 e. The normalized spacial score (nSPS) is 11.4. The van der Waals surface area contributed by atoms with Gasteiger partial charge in [0.15, 0.2) is 0 Å². The minimum Gasteiger partial charge on any atom is -0.455 e. The molecule has 0 saturated carbocycles. The second-order valence-electron chi connectivity index (χ2n) is 14.9. The molecule has 0 saturated heterocycles. The minimum absolute atomic E-state index is 0.860. The Morgan fingerprint density at radius 1 is 0.310 bits per heavy atom. The van der Waals surface area contributed by atoms with Gasteiger partial charge in [0.25, 0.3) is 0 Å². The molecule has 0 radical (unpaired) electrons. The monoisotopic (exact) mass is 739 g/mol. The Balaban J connectivity index is 1.19. The summed E-state index contributed by atoms with van der Waals surface area (Å²) in [7, 11) is 0. The van der Waals surface area contributed by atoms with Gasteiger partial charge in [-0.05, 0) is 97.4 Å². The molecule has 11 aromatic rings. The highest BCUT2D eigenvalue weighted by molar-refractivity contribution is 6.18. The van der Waals surface area contributed by atoms with Crippen LogP contribution in [0.3, 0.4) is 0 Å². The Morgan fingerprint density at radius 2 is 0.828 bits per heavy atom. The van der Waals surface area contributed by atoms with Gasteiger partial charge in [-0.25, -0.2) is 0 Å². The molecule has 58 heavy (non-hydrogen) atoms. The molecule has 1 aromatic heterocycles. The standard InChI is InChI=1S/C56H37NO/c1-4-14-38(15-5-1)40-24-26-43(27-25-40)48-33-35-53(55-49-22-12-13-23-54(49)58-56(48)55)57(46-32-30-44-29-28-42-20-10-11-21-47(42)50(44)37-46)52-34-31-45(39-16-6-2-7-17-39)36-51(52)41-18-8-3-9-19-41/h1-37H. The quantitative estimate of drug-likeness (QED) is 0.151. The largest absolute Gasteiger partial charge is 0.455 e. The van der Waals surface area contributed by atoms with Crippen molar-refractivity contribution in [3.05, 3.63) is 224 Å². The molecule has 10 aromatic carbocycles. The highest BCUT2D eigenvalue weighted by Gasteiger charge is 2.25. The molecule has 2 nitrogen and oxygen atoms in total. The van der Waals surface area contributed by atoms with Crippen molar-refractivity contribution in [2.75, 3.05) is 4.90 Å². The third-order valence-corrected chi connectivity index (χ3v) is 11.5. The summed E-state index contributed by atoms with van der Waals surface area (Å²) in [6, 6.07) is 80.7. The van der Waals surface area contributed by atoms with Gasteiger partial charge in [-0.2, -0.15) is 0 Å². The SMILES string of the molecule is c1ccc(-c2ccc(-c3ccc(N(c4ccc5ccc6ccccc6c5c4)c4ccc(-c5ccccc5)cc4-c4ccccc4)c4c3oc3ccccc34)cc2)cc1. The fourth-order valence-corrected chi connectivity index (χ4v) is 8.62. The summed E-state index contributed by atoms with van der Waals surface area (Å²) in [5.74, 6) is 0. The van der Waals surface area contributed by atoms with Crippen LogP contribution in [0, 0.1) is 0 Å². The third kappa shape index (κ3) is 5.82. The number of furan rings is 1. The summed E-state index contributed by atoms with van der Waals surface area (Å²) in [5.41, 5.74) is 14.1. The number of anilines is 3. The van der Waals surface area contributed by atoms with Crippen LogP contribution >= 0.6 is 0 Å². The van der Waals surface area contributed by atoms with Gasteiger partial charge in [-0.3, -0.25) is 0 Å². The molecule has 0 spiro atoms. The van der Waals surface area contributed by atoms with Crippen LogP contribution in [-0.2, 0) is 0 Å². The van der Waals surface area contributed by atoms with Gasteiger partial charge in [0, 0.05) is 22.2 Å². The van der Waals surface area contributed by atoms with Crippen molar-refractivity contribution in [2.45, 2.75) is 0 Å². The van der Waals surface area contributed by atoms with E-state index in [0.717, 1.165) is 61.3 Å². The van der Waals surface area contributed by atoms with E-state index in [-0.39, 0.29) is 0 Å². The number of para-hydroxylation sites is 1. The van der Waals surface area contributed by atoms with Gasteiger partial charge in [0.05, 0.1) is 16.8 Å².